The number of halogens is 3. The van der Waals surface area contributed by atoms with E-state index in [1.165, 1.54) is 0 Å². The predicted octanol–water partition coefficient (Wildman–Crippen LogP) is 2.58. The van der Waals surface area contributed by atoms with Crippen LogP contribution in [-0.4, -0.2) is 28.1 Å². The molecule has 0 saturated carbocycles. The Bertz CT molecular complexity index is 633. The molecule has 1 amide bonds. The van der Waals surface area contributed by atoms with Crippen LogP contribution >= 0.6 is 67.8 Å². The molecule has 1 rings (SSSR count). The van der Waals surface area contributed by atoms with E-state index in [0.29, 0.717) is 16.4 Å². The number of benzene rings is 1. The van der Waals surface area contributed by atoms with Crippen LogP contribution in [0.4, 0.5) is 11.4 Å². The second kappa shape index (κ2) is 7.75. The van der Waals surface area contributed by atoms with Crippen LogP contribution in [0.5, 0.6) is 0 Å². The number of anilines is 2. The van der Waals surface area contributed by atoms with Crippen LogP contribution in [0.3, 0.4) is 0 Å². The average molecular weight is 630 g/mol. The van der Waals surface area contributed by atoms with Crippen molar-refractivity contribution in [3.05, 3.63) is 16.3 Å². The van der Waals surface area contributed by atoms with Gasteiger partial charge in [0.2, 0.25) is 5.91 Å². The van der Waals surface area contributed by atoms with Crippen molar-refractivity contribution in [2.24, 2.45) is 0 Å². The van der Waals surface area contributed by atoms with Gasteiger partial charge >= 0.3 is 11.9 Å². The summed E-state index contributed by atoms with van der Waals surface area (Å²) < 4.78 is 1.28. The van der Waals surface area contributed by atoms with Crippen molar-refractivity contribution >= 4 is 97.0 Å². The second-order valence-electron chi connectivity index (χ2n) is 3.85. The molecular formula is C11H9I3N2O5. The lowest BCUT2D eigenvalue weighted by atomic mass is 10.1. The van der Waals surface area contributed by atoms with E-state index in [1.807, 2.05) is 67.8 Å². The lowest BCUT2D eigenvalue weighted by Gasteiger charge is -2.16. The molecule has 0 saturated heterocycles. The number of nitrogens with two attached hydrogens (primary N) is 1. The Morgan fingerprint density at radius 2 is 1.57 bits per heavy atom. The number of aromatic carboxylic acids is 1. The third-order valence-electron chi connectivity index (χ3n) is 2.40. The summed E-state index contributed by atoms with van der Waals surface area (Å²) in [5, 5.41) is 20.3. The highest BCUT2D eigenvalue weighted by Crippen LogP contribution is 2.37. The number of carbonyl (C=O) groups excluding carboxylic acids is 1. The van der Waals surface area contributed by atoms with Crippen molar-refractivity contribution in [2.45, 2.75) is 12.8 Å². The first-order valence-electron chi connectivity index (χ1n) is 5.37. The smallest absolute Gasteiger partial charge is 0.338 e. The molecule has 0 atom stereocenters. The van der Waals surface area contributed by atoms with Crippen LogP contribution in [-0.2, 0) is 9.59 Å². The van der Waals surface area contributed by atoms with Crippen molar-refractivity contribution in [3.63, 3.8) is 0 Å². The Hall–Kier alpha value is -0.380. The highest BCUT2D eigenvalue weighted by Gasteiger charge is 2.24. The molecule has 0 fully saturated rings. The molecule has 0 aromatic heterocycles. The average Bonchev–Trinajstić information content (AvgIpc) is 2.38. The lowest BCUT2D eigenvalue weighted by molar-refractivity contribution is -0.138. The molecule has 0 bridgehead atoms. The number of rotatable bonds is 5. The minimum Gasteiger partial charge on any atom is -0.481 e. The van der Waals surface area contributed by atoms with Crippen molar-refractivity contribution in [1.82, 2.24) is 0 Å². The number of nitrogen functional groups attached to an aromatic ring is 1. The Labute approximate surface area is 160 Å². The normalized spacial score (nSPS) is 10.2. The van der Waals surface area contributed by atoms with Gasteiger partial charge in [0.25, 0.3) is 0 Å². The predicted molar refractivity (Wildman–Crippen MR) is 101 cm³/mol. The van der Waals surface area contributed by atoms with Crippen molar-refractivity contribution in [1.29, 1.82) is 0 Å². The molecule has 114 valence electrons. The van der Waals surface area contributed by atoms with Crippen LogP contribution in [0.2, 0.25) is 0 Å². The van der Waals surface area contributed by atoms with E-state index in [-0.39, 0.29) is 24.1 Å². The number of carboxylic acids is 2. The van der Waals surface area contributed by atoms with Crippen molar-refractivity contribution in [3.8, 4) is 0 Å². The van der Waals surface area contributed by atoms with Gasteiger partial charge in [-0.25, -0.2) is 4.79 Å². The number of nitrogens with one attached hydrogen (secondary N) is 1. The Balaban J connectivity index is 3.21. The molecule has 0 heterocycles. The summed E-state index contributed by atoms with van der Waals surface area (Å²) in [5.74, 6) is -2.74. The molecule has 0 aliphatic rings. The Morgan fingerprint density at radius 1 is 1.00 bits per heavy atom. The van der Waals surface area contributed by atoms with E-state index < -0.39 is 17.8 Å². The molecular weight excluding hydrogens is 621 g/mol. The number of carbonyl (C=O) groups is 3. The highest BCUT2D eigenvalue weighted by molar-refractivity contribution is 14.1. The summed E-state index contributed by atoms with van der Waals surface area (Å²) in [6.45, 7) is 0. The third kappa shape index (κ3) is 4.54. The standard InChI is InChI=1S/C11H9I3N2O5/c12-6-5(11(20)21)7(13)10(8(14)9(6)15)16-3(17)1-2-4(18)19/h1-2,15H2,(H,16,17)(H,18,19)(H,20,21). The SMILES string of the molecule is Nc1c(I)c(NC(=O)CCC(=O)O)c(I)c(C(=O)O)c1I. The van der Waals surface area contributed by atoms with E-state index in [4.69, 9.17) is 10.8 Å². The topological polar surface area (TPSA) is 130 Å². The number of hydrogen-bond donors (Lipinski definition) is 4. The van der Waals surface area contributed by atoms with Crippen molar-refractivity contribution < 1.29 is 24.6 Å². The Kier molecular flexibility index (Phi) is 6.89. The zero-order valence-corrected chi connectivity index (χ0v) is 16.7. The zero-order valence-electron chi connectivity index (χ0n) is 10.2. The van der Waals surface area contributed by atoms with Crippen LogP contribution in [0.25, 0.3) is 0 Å². The van der Waals surface area contributed by atoms with Gasteiger partial charge in [-0.1, -0.05) is 0 Å². The summed E-state index contributed by atoms with van der Waals surface area (Å²) in [4.78, 5) is 33.5. The van der Waals surface area contributed by atoms with Gasteiger partial charge < -0.3 is 21.3 Å². The molecule has 10 heteroatoms. The van der Waals surface area contributed by atoms with Crippen LogP contribution in [0.1, 0.15) is 23.2 Å². The fourth-order valence-corrected chi connectivity index (χ4v) is 5.30. The van der Waals surface area contributed by atoms with E-state index in [2.05, 4.69) is 5.32 Å². The van der Waals surface area contributed by atoms with E-state index in [9.17, 15) is 19.5 Å². The second-order valence-corrected chi connectivity index (χ2v) is 7.09. The van der Waals surface area contributed by atoms with E-state index in [1.54, 1.807) is 0 Å². The number of carboxylic acid groups (broad SMARTS) is 2. The summed E-state index contributed by atoms with van der Waals surface area (Å²) >= 11 is 5.58. The molecule has 0 aliphatic carbocycles. The molecule has 7 nitrogen and oxygen atoms in total. The molecule has 21 heavy (non-hydrogen) atoms. The summed E-state index contributed by atoms with van der Waals surface area (Å²) in [6.07, 6.45) is -0.500. The number of hydrogen-bond acceptors (Lipinski definition) is 4. The van der Waals surface area contributed by atoms with E-state index in [0.717, 1.165) is 0 Å². The van der Waals surface area contributed by atoms with Gasteiger partial charge in [-0.3, -0.25) is 9.59 Å². The summed E-state index contributed by atoms with van der Waals surface area (Å²) in [6, 6.07) is 0. The summed E-state index contributed by atoms with van der Waals surface area (Å²) in [5.41, 5.74) is 6.44. The first-order chi connectivity index (χ1) is 9.66. The Morgan fingerprint density at radius 3 is 2.05 bits per heavy atom. The molecule has 0 radical (unpaired) electrons. The number of aliphatic carboxylic acids is 1. The molecule has 0 unspecified atom stereocenters. The van der Waals surface area contributed by atoms with Gasteiger partial charge in [-0.15, -0.1) is 0 Å². The lowest BCUT2D eigenvalue weighted by Crippen LogP contribution is -2.18. The van der Waals surface area contributed by atoms with Gasteiger partial charge in [0, 0.05) is 6.42 Å². The van der Waals surface area contributed by atoms with Gasteiger partial charge in [0.05, 0.1) is 34.1 Å². The van der Waals surface area contributed by atoms with Gasteiger partial charge in [-0.05, 0) is 67.8 Å². The van der Waals surface area contributed by atoms with Gasteiger partial charge in [0.15, 0.2) is 0 Å². The zero-order chi connectivity index (χ0) is 16.3. The van der Waals surface area contributed by atoms with Crippen LogP contribution < -0.4 is 11.1 Å². The summed E-state index contributed by atoms with van der Waals surface area (Å²) in [7, 11) is 0. The first kappa shape index (κ1) is 18.7. The fourth-order valence-electron chi connectivity index (χ4n) is 1.40. The third-order valence-corrected chi connectivity index (χ3v) is 5.71. The largest absolute Gasteiger partial charge is 0.481 e. The van der Waals surface area contributed by atoms with Gasteiger partial charge in [0.1, 0.15) is 0 Å². The maximum atomic E-state index is 11.7. The molecule has 1 aromatic rings. The van der Waals surface area contributed by atoms with Gasteiger partial charge in [-0.2, -0.15) is 0 Å². The quantitative estimate of drug-likeness (QED) is 0.293. The van der Waals surface area contributed by atoms with E-state index >= 15 is 0 Å². The van der Waals surface area contributed by atoms with Crippen LogP contribution in [0, 0.1) is 10.7 Å². The fraction of sp³-hybridized carbons (Fsp3) is 0.182. The molecule has 5 N–H and O–H groups in total. The minimum atomic E-state index is -1.15. The highest BCUT2D eigenvalue weighted by atomic mass is 127. The van der Waals surface area contributed by atoms with Crippen LogP contribution in [0.15, 0.2) is 0 Å². The first-order valence-corrected chi connectivity index (χ1v) is 8.61. The molecule has 1 aromatic carbocycles. The molecule has 0 aliphatic heterocycles. The monoisotopic (exact) mass is 630 g/mol. The number of amides is 1. The molecule has 0 spiro atoms. The maximum absolute atomic E-state index is 11.7. The maximum Gasteiger partial charge on any atom is 0.338 e. The van der Waals surface area contributed by atoms with Crippen molar-refractivity contribution in [2.75, 3.05) is 11.1 Å². The minimum absolute atomic E-state index is 0.0163.